The lowest BCUT2D eigenvalue weighted by molar-refractivity contribution is 1.51. The first-order valence-electron chi connectivity index (χ1n) is 4.22. The Morgan fingerprint density at radius 2 is 1.85 bits per heavy atom. The van der Waals surface area contributed by atoms with Gasteiger partial charge in [-0.2, -0.15) is 0 Å². The van der Waals surface area contributed by atoms with Crippen LogP contribution in [0.3, 0.4) is 0 Å². The highest BCUT2D eigenvalue weighted by molar-refractivity contribution is 7.13. The number of benzene rings is 1. The molecule has 2 heteroatoms. The molecule has 1 N–H and O–H groups in total. The van der Waals surface area contributed by atoms with Crippen LogP contribution in [0.25, 0.3) is 10.4 Å². The molecule has 0 spiro atoms. The highest BCUT2D eigenvalue weighted by atomic mass is 32.1. The van der Waals surface area contributed by atoms with Gasteiger partial charge in [-0.25, -0.2) is 0 Å². The molecule has 0 saturated heterocycles. The summed E-state index contributed by atoms with van der Waals surface area (Å²) in [4.78, 5) is 1.32. The minimum absolute atomic E-state index is 1.15. The van der Waals surface area contributed by atoms with Crippen LogP contribution < -0.4 is 5.32 Å². The molecule has 0 saturated carbocycles. The second-order valence-electron chi connectivity index (χ2n) is 2.80. The van der Waals surface area contributed by atoms with Crippen molar-refractivity contribution in [2.75, 3.05) is 12.4 Å². The Morgan fingerprint density at radius 3 is 2.38 bits per heavy atom. The maximum Gasteiger partial charge on any atom is 0.0342 e. The highest BCUT2D eigenvalue weighted by Gasteiger charge is 1.96. The summed E-state index contributed by atoms with van der Waals surface area (Å²) in [6.07, 6.45) is 0. The first-order chi connectivity index (χ1) is 6.40. The van der Waals surface area contributed by atoms with E-state index in [2.05, 4.69) is 47.1 Å². The Kier molecular flexibility index (Phi) is 2.32. The molecule has 0 atom stereocenters. The molecule has 1 aromatic carbocycles. The predicted molar refractivity (Wildman–Crippen MR) is 59.3 cm³/mol. The molecule has 0 aliphatic heterocycles. The Bertz CT molecular complexity index is 361. The number of nitrogens with one attached hydrogen (secondary N) is 1. The molecule has 0 unspecified atom stereocenters. The van der Waals surface area contributed by atoms with Crippen molar-refractivity contribution in [1.29, 1.82) is 0 Å². The lowest BCUT2D eigenvalue weighted by Gasteiger charge is -2.00. The van der Waals surface area contributed by atoms with E-state index in [4.69, 9.17) is 0 Å². The van der Waals surface area contributed by atoms with Crippen molar-refractivity contribution in [3.05, 3.63) is 41.8 Å². The van der Waals surface area contributed by atoms with Crippen LogP contribution in [0.4, 0.5) is 5.69 Å². The van der Waals surface area contributed by atoms with Crippen LogP contribution >= 0.6 is 11.3 Å². The smallest absolute Gasteiger partial charge is 0.0342 e. The van der Waals surface area contributed by atoms with Crippen LogP contribution in [0.15, 0.2) is 41.8 Å². The van der Waals surface area contributed by atoms with Gasteiger partial charge in [0.2, 0.25) is 0 Å². The SMILES string of the molecule is CNc1ccc(-c2cccs2)cc1. The third kappa shape index (κ3) is 1.73. The van der Waals surface area contributed by atoms with E-state index in [1.54, 1.807) is 11.3 Å². The zero-order valence-electron chi connectivity index (χ0n) is 7.45. The van der Waals surface area contributed by atoms with E-state index in [1.807, 2.05) is 7.05 Å². The molecule has 0 radical (unpaired) electrons. The summed E-state index contributed by atoms with van der Waals surface area (Å²) in [6, 6.07) is 12.7. The third-order valence-corrected chi connectivity index (χ3v) is 2.90. The third-order valence-electron chi connectivity index (χ3n) is 1.98. The molecule has 2 rings (SSSR count). The summed E-state index contributed by atoms with van der Waals surface area (Å²) in [5.41, 5.74) is 2.44. The number of hydrogen-bond acceptors (Lipinski definition) is 2. The zero-order valence-corrected chi connectivity index (χ0v) is 8.27. The molecule has 0 aliphatic carbocycles. The predicted octanol–water partition coefficient (Wildman–Crippen LogP) is 3.46. The van der Waals surface area contributed by atoms with Crippen molar-refractivity contribution >= 4 is 17.0 Å². The maximum atomic E-state index is 3.10. The van der Waals surface area contributed by atoms with Gasteiger partial charge in [-0.1, -0.05) is 18.2 Å². The minimum Gasteiger partial charge on any atom is -0.388 e. The van der Waals surface area contributed by atoms with Crippen molar-refractivity contribution in [1.82, 2.24) is 0 Å². The molecule has 1 nitrogen and oxygen atoms in total. The summed E-state index contributed by atoms with van der Waals surface area (Å²) in [5.74, 6) is 0. The molecule has 1 aromatic heterocycles. The monoisotopic (exact) mass is 189 g/mol. The molecule has 1 heterocycles. The number of anilines is 1. The molecule has 2 aromatic rings. The summed E-state index contributed by atoms with van der Waals surface area (Å²) < 4.78 is 0. The topological polar surface area (TPSA) is 12.0 Å². The van der Waals surface area contributed by atoms with E-state index >= 15 is 0 Å². The first kappa shape index (κ1) is 8.32. The minimum atomic E-state index is 1.15. The van der Waals surface area contributed by atoms with E-state index in [0.717, 1.165) is 5.69 Å². The number of thiophene rings is 1. The maximum absolute atomic E-state index is 3.10. The van der Waals surface area contributed by atoms with Gasteiger partial charge in [0.05, 0.1) is 0 Å². The van der Waals surface area contributed by atoms with Gasteiger partial charge in [-0.3, -0.25) is 0 Å². The summed E-state index contributed by atoms with van der Waals surface area (Å²) in [7, 11) is 1.93. The van der Waals surface area contributed by atoms with Gasteiger partial charge in [0.1, 0.15) is 0 Å². The van der Waals surface area contributed by atoms with E-state index in [-0.39, 0.29) is 0 Å². The van der Waals surface area contributed by atoms with Crippen LogP contribution in [0.5, 0.6) is 0 Å². The number of hydrogen-bond donors (Lipinski definition) is 1. The largest absolute Gasteiger partial charge is 0.388 e. The average Bonchev–Trinajstić information content (AvgIpc) is 2.71. The van der Waals surface area contributed by atoms with Crippen LogP contribution in [-0.4, -0.2) is 7.05 Å². The van der Waals surface area contributed by atoms with E-state index in [9.17, 15) is 0 Å². The Balaban J connectivity index is 2.33. The van der Waals surface area contributed by atoms with E-state index in [0.29, 0.717) is 0 Å². The fourth-order valence-electron chi connectivity index (χ4n) is 1.24. The Hall–Kier alpha value is -1.28. The van der Waals surface area contributed by atoms with E-state index in [1.165, 1.54) is 10.4 Å². The molecule has 0 amide bonds. The van der Waals surface area contributed by atoms with Gasteiger partial charge in [0.15, 0.2) is 0 Å². The van der Waals surface area contributed by atoms with Crippen LogP contribution in [0, 0.1) is 0 Å². The molecule has 13 heavy (non-hydrogen) atoms. The summed E-state index contributed by atoms with van der Waals surface area (Å²) >= 11 is 1.77. The number of rotatable bonds is 2. The highest BCUT2D eigenvalue weighted by Crippen LogP contribution is 2.25. The van der Waals surface area contributed by atoms with Gasteiger partial charge >= 0.3 is 0 Å². The van der Waals surface area contributed by atoms with Gasteiger partial charge in [-0.05, 0) is 29.1 Å². The van der Waals surface area contributed by atoms with Crippen molar-refractivity contribution in [2.45, 2.75) is 0 Å². The average molecular weight is 189 g/mol. The lowest BCUT2D eigenvalue weighted by Crippen LogP contribution is -1.85. The Morgan fingerprint density at radius 1 is 1.08 bits per heavy atom. The normalized spacial score (nSPS) is 9.92. The molecule has 0 bridgehead atoms. The van der Waals surface area contributed by atoms with Crippen molar-refractivity contribution in [2.24, 2.45) is 0 Å². The first-order valence-corrected chi connectivity index (χ1v) is 5.10. The van der Waals surface area contributed by atoms with Crippen LogP contribution in [-0.2, 0) is 0 Å². The van der Waals surface area contributed by atoms with Gasteiger partial charge in [0.25, 0.3) is 0 Å². The zero-order chi connectivity index (χ0) is 9.10. The molecule has 0 fully saturated rings. The van der Waals surface area contributed by atoms with Crippen LogP contribution in [0.1, 0.15) is 0 Å². The van der Waals surface area contributed by atoms with E-state index < -0.39 is 0 Å². The lowest BCUT2D eigenvalue weighted by atomic mass is 10.2. The quantitative estimate of drug-likeness (QED) is 0.763. The summed E-state index contributed by atoms with van der Waals surface area (Å²) in [6.45, 7) is 0. The molecular weight excluding hydrogens is 178 g/mol. The second kappa shape index (κ2) is 3.62. The van der Waals surface area contributed by atoms with Gasteiger partial charge < -0.3 is 5.32 Å². The van der Waals surface area contributed by atoms with Gasteiger partial charge in [-0.15, -0.1) is 11.3 Å². The Labute approximate surface area is 82.0 Å². The molecular formula is C11H11NS. The van der Waals surface area contributed by atoms with Crippen molar-refractivity contribution < 1.29 is 0 Å². The van der Waals surface area contributed by atoms with Gasteiger partial charge in [0, 0.05) is 17.6 Å². The fraction of sp³-hybridized carbons (Fsp3) is 0.0909. The van der Waals surface area contributed by atoms with Crippen LogP contribution in [0.2, 0.25) is 0 Å². The molecule has 0 aliphatic rings. The standard InChI is InChI=1S/C11H11NS/c1-12-10-6-4-9(5-7-10)11-3-2-8-13-11/h2-8,12H,1H3. The summed E-state index contributed by atoms with van der Waals surface area (Å²) in [5, 5.41) is 5.20. The van der Waals surface area contributed by atoms with Crippen molar-refractivity contribution in [3.63, 3.8) is 0 Å². The van der Waals surface area contributed by atoms with Crippen molar-refractivity contribution in [3.8, 4) is 10.4 Å². The second-order valence-corrected chi connectivity index (χ2v) is 3.75. The molecule has 66 valence electrons. The fourth-order valence-corrected chi connectivity index (χ4v) is 1.98.